The molecule has 0 saturated carbocycles. The molecule has 3 heterocycles. The number of likely N-dealkylation sites (N-methyl/N-ethyl adjacent to an activating group) is 1. The molecule has 2 aliphatic heterocycles. The highest BCUT2D eigenvalue weighted by Crippen LogP contribution is 2.48. The summed E-state index contributed by atoms with van der Waals surface area (Å²) in [4.78, 5) is 6.74. The first-order chi connectivity index (χ1) is 13.8. The van der Waals surface area contributed by atoms with Crippen LogP contribution in [0.15, 0.2) is 41.3 Å². The summed E-state index contributed by atoms with van der Waals surface area (Å²) < 4.78 is 28.6. The number of benzene rings is 2. The molecule has 1 aromatic heterocycles. The van der Waals surface area contributed by atoms with Crippen LogP contribution in [0.4, 0.5) is 5.69 Å². The van der Waals surface area contributed by atoms with Gasteiger partial charge in [-0.3, -0.25) is 4.72 Å². The van der Waals surface area contributed by atoms with Gasteiger partial charge in [0, 0.05) is 51.2 Å². The number of aromatic nitrogens is 1. The minimum Gasteiger partial charge on any atom is -0.357 e. The van der Waals surface area contributed by atoms with Crippen LogP contribution in [-0.4, -0.2) is 36.5 Å². The van der Waals surface area contributed by atoms with E-state index >= 15 is 0 Å². The third-order valence-electron chi connectivity index (χ3n) is 5.85. The fourth-order valence-electron chi connectivity index (χ4n) is 4.35. The lowest BCUT2D eigenvalue weighted by Gasteiger charge is -2.22. The second kappa shape index (κ2) is 6.94. The molecule has 5 rings (SSSR count). The number of hydrogen-bond donors (Lipinski definition) is 2. The summed E-state index contributed by atoms with van der Waals surface area (Å²) in [5, 5.41) is 1.74. The highest BCUT2D eigenvalue weighted by atomic mass is 35.5. The van der Waals surface area contributed by atoms with Gasteiger partial charge in [0.15, 0.2) is 0 Å². The second-order valence-corrected chi connectivity index (χ2v) is 11.7. The molecule has 3 aromatic rings. The van der Waals surface area contributed by atoms with Gasteiger partial charge in [-0.05, 0) is 61.0 Å². The molecule has 0 saturated heterocycles. The van der Waals surface area contributed by atoms with Crippen molar-refractivity contribution >= 4 is 50.0 Å². The monoisotopic (exact) mass is 447 g/mol. The Hall–Kier alpha value is -1.67. The Balaban J connectivity index is 1.44. The zero-order valence-corrected chi connectivity index (χ0v) is 18.6. The number of nitrogens with one attached hydrogen (secondary N) is 2. The van der Waals surface area contributed by atoms with Crippen molar-refractivity contribution in [2.75, 3.05) is 18.3 Å². The number of sulfonamides is 1. The van der Waals surface area contributed by atoms with Crippen LogP contribution in [-0.2, 0) is 23.0 Å². The number of fused-ring (bicyclic) bond motifs is 4. The van der Waals surface area contributed by atoms with E-state index in [9.17, 15) is 8.42 Å². The smallest absolute Gasteiger partial charge is 0.245 e. The van der Waals surface area contributed by atoms with E-state index in [0.29, 0.717) is 10.7 Å². The van der Waals surface area contributed by atoms with Crippen molar-refractivity contribution in [3.63, 3.8) is 0 Å². The van der Waals surface area contributed by atoms with Crippen LogP contribution in [0, 0.1) is 0 Å². The van der Waals surface area contributed by atoms with Gasteiger partial charge in [0.2, 0.25) is 10.0 Å². The number of halogens is 1. The minimum atomic E-state index is -3.57. The largest absolute Gasteiger partial charge is 0.357 e. The van der Waals surface area contributed by atoms with E-state index in [4.69, 9.17) is 11.6 Å². The summed E-state index contributed by atoms with van der Waals surface area (Å²) >= 11 is 7.50. The van der Waals surface area contributed by atoms with Crippen LogP contribution in [0.5, 0.6) is 0 Å². The van der Waals surface area contributed by atoms with Crippen molar-refractivity contribution in [3.8, 4) is 0 Å². The average Bonchev–Trinajstić information content (AvgIpc) is 3.19. The molecule has 29 heavy (non-hydrogen) atoms. The van der Waals surface area contributed by atoms with Crippen molar-refractivity contribution in [3.05, 3.63) is 58.2 Å². The van der Waals surface area contributed by atoms with Crippen LogP contribution < -0.4 is 4.72 Å². The van der Waals surface area contributed by atoms with Crippen molar-refractivity contribution in [2.24, 2.45) is 0 Å². The Morgan fingerprint density at radius 2 is 2.07 bits per heavy atom. The van der Waals surface area contributed by atoms with Crippen molar-refractivity contribution in [1.29, 1.82) is 0 Å². The van der Waals surface area contributed by atoms with Crippen LogP contribution in [0.25, 0.3) is 10.9 Å². The van der Waals surface area contributed by atoms with Crippen LogP contribution in [0.3, 0.4) is 0 Å². The predicted molar refractivity (Wildman–Crippen MR) is 120 cm³/mol. The summed E-state index contributed by atoms with van der Waals surface area (Å²) in [6.07, 6.45) is 0.966. The standard InChI is InChI=1S/C21H22ClN3O2S2/c1-12-16-9-13(22)3-6-20(16)28-21(12)29(26,27)24-14-4-5-18-17(10-14)15-7-8-25(2)11-19(15)23-18/h3-6,9-10,12,21,23-24H,7-8,11H2,1-2H3. The van der Waals surface area contributed by atoms with E-state index in [0.717, 1.165) is 40.9 Å². The van der Waals surface area contributed by atoms with Gasteiger partial charge >= 0.3 is 0 Å². The molecular weight excluding hydrogens is 426 g/mol. The number of anilines is 1. The van der Waals surface area contributed by atoms with E-state index in [1.165, 1.54) is 23.0 Å². The van der Waals surface area contributed by atoms with Gasteiger partial charge in [-0.2, -0.15) is 0 Å². The Bertz CT molecular complexity index is 1220. The highest BCUT2D eigenvalue weighted by Gasteiger charge is 2.39. The molecule has 0 radical (unpaired) electrons. The quantitative estimate of drug-likeness (QED) is 0.606. The molecule has 0 bridgehead atoms. The highest BCUT2D eigenvalue weighted by molar-refractivity contribution is 8.14. The lowest BCUT2D eigenvalue weighted by atomic mass is 10.0. The van der Waals surface area contributed by atoms with E-state index in [1.54, 1.807) is 0 Å². The maximum atomic E-state index is 13.2. The average molecular weight is 448 g/mol. The van der Waals surface area contributed by atoms with Crippen molar-refractivity contribution in [2.45, 2.75) is 35.3 Å². The second-order valence-electron chi connectivity index (χ2n) is 7.93. The topological polar surface area (TPSA) is 65.2 Å². The maximum absolute atomic E-state index is 13.2. The molecule has 0 fully saturated rings. The third-order valence-corrected chi connectivity index (χ3v) is 9.94. The molecule has 5 nitrogen and oxygen atoms in total. The molecule has 8 heteroatoms. The van der Waals surface area contributed by atoms with Crippen LogP contribution >= 0.6 is 23.4 Å². The van der Waals surface area contributed by atoms with Crippen molar-refractivity contribution in [1.82, 2.24) is 9.88 Å². The Morgan fingerprint density at radius 1 is 1.24 bits per heavy atom. The minimum absolute atomic E-state index is 0.134. The van der Waals surface area contributed by atoms with Crippen LogP contribution in [0.2, 0.25) is 5.02 Å². The van der Waals surface area contributed by atoms with Gasteiger partial charge in [0.05, 0.1) is 0 Å². The number of thioether (sulfide) groups is 1. The fraction of sp³-hybridized carbons (Fsp3) is 0.333. The fourth-order valence-corrected chi connectivity index (χ4v) is 7.88. The molecule has 2 aliphatic rings. The molecule has 2 aromatic carbocycles. The van der Waals surface area contributed by atoms with Gasteiger partial charge in [-0.1, -0.05) is 18.5 Å². The molecule has 2 unspecified atom stereocenters. The Morgan fingerprint density at radius 3 is 2.90 bits per heavy atom. The predicted octanol–water partition coefficient (Wildman–Crippen LogP) is 4.79. The summed E-state index contributed by atoms with van der Waals surface area (Å²) in [6, 6.07) is 11.3. The number of aromatic amines is 1. The van der Waals surface area contributed by atoms with Gasteiger partial charge in [-0.15, -0.1) is 11.8 Å². The van der Waals surface area contributed by atoms with Crippen LogP contribution in [0.1, 0.15) is 29.7 Å². The van der Waals surface area contributed by atoms with E-state index < -0.39 is 14.6 Å². The molecule has 2 atom stereocenters. The lowest BCUT2D eigenvalue weighted by Crippen LogP contribution is -2.27. The summed E-state index contributed by atoms with van der Waals surface area (Å²) in [7, 11) is -1.46. The normalized spacial score (nSPS) is 21.9. The number of hydrogen-bond acceptors (Lipinski definition) is 4. The lowest BCUT2D eigenvalue weighted by molar-refractivity contribution is 0.310. The first-order valence-electron chi connectivity index (χ1n) is 9.61. The molecular formula is C21H22ClN3O2S2. The Kier molecular flexibility index (Phi) is 4.62. The Labute approximate surface area is 179 Å². The van der Waals surface area contributed by atoms with Crippen molar-refractivity contribution < 1.29 is 8.42 Å². The van der Waals surface area contributed by atoms with Gasteiger partial charge < -0.3 is 9.88 Å². The molecule has 0 spiro atoms. The molecule has 152 valence electrons. The number of nitrogens with zero attached hydrogens (tertiary/aromatic N) is 1. The number of H-pyrrole nitrogens is 1. The van der Waals surface area contributed by atoms with Gasteiger partial charge in [0.25, 0.3) is 0 Å². The van der Waals surface area contributed by atoms with E-state index in [1.807, 2.05) is 43.3 Å². The summed E-state index contributed by atoms with van der Waals surface area (Å²) in [5.41, 5.74) is 5.18. The van der Waals surface area contributed by atoms with Gasteiger partial charge in [-0.25, -0.2) is 8.42 Å². The third kappa shape index (κ3) is 3.34. The molecule has 0 amide bonds. The first kappa shape index (κ1) is 19.3. The summed E-state index contributed by atoms with van der Waals surface area (Å²) in [6.45, 7) is 3.84. The maximum Gasteiger partial charge on any atom is 0.245 e. The SMILES string of the molecule is CC1c2cc(Cl)ccc2SC1S(=O)(=O)Nc1ccc2[nH]c3c(c2c1)CCN(C)C3. The zero-order chi connectivity index (χ0) is 20.3. The zero-order valence-electron chi connectivity index (χ0n) is 16.2. The number of rotatable bonds is 3. The molecule has 0 aliphatic carbocycles. The van der Waals surface area contributed by atoms with Gasteiger partial charge in [0.1, 0.15) is 4.58 Å². The molecule has 2 N–H and O–H groups in total. The van der Waals surface area contributed by atoms with E-state index in [-0.39, 0.29) is 5.92 Å². The first-order valence-corrected chi connectivity index (χ1v) is 12.4. The summed E-state index contributed by atoms with van der Waals surface area (Å²) in [5.74, 6) is -0.134. The van der Waals surface area contributed by atoms with E-state index in [2.05, 4.69) is 21.7 Å².